The molecule has 0 bridgehead atoms. The molecule has 0 N–H and O–H groups in total. The Morgan fingerprint density at radius 1 is 0.872 bits per heavy atom. The van der Waals surface area contributed by atoms with Crippen molar-refractivity contribution in [2.45, 2.75) is 57.1 Å². The molecule has 3 aliphatic rings. The fourth-order valence-corrected chi connectivity index (χ4v) is 7.03. The first-order valence-electron chi connectivity index (χ1n) is 13.9. The van der Waals surface area contributed by atoms with E-state index in [9.17, 15) is 0 Å². The number of methoxy groups -OCH3 is 1. The monoisotopic (exact) mass is 544 g/mol. The second-order valence-electron chi connectivity index (χ2n) is 11.9. The van der Waals surface area contributed by atoms with Crippen LogP contribution >= 0.6 is 11.6 Å². The third-order valence-corrected chi connectivity index (χ3v) is 9.55. The van der Waals surface area contributed by atoms with Crippen molar-refractivity contribution >= 4 is 23.0 Å². The van der Waals surface area contributed by atoms with Crippen molar-refractivity contribution in [3.05, 3.63) is 106 Å². The molecule has 0 saturated heterocycles. The lowest BCUT2D eigenvalue weighted by atomic mass is 9.77. The Hall–Kier alpha value is -2.79. The van der Waals surface area contributed by atoms with Gasteiger partial charge < -0.3 is 19.3 Å². The molecule has 0 amide bonds. The molecular weight excluding hydrogens is 504 g/mol. The highest BCUT2D eigenvalue weighted by atomic mass is 35.5. The van der Waals surface area contributed by atoms with Crippen LogP contribution in [-0.4, -0.2) is 40.1 Å². The van der Waals surface area contributed by atoms with E-state index in [-0.39, 0.29) is 10.8 Å². The molecule has 2 aromatic carbocycles. The Morgan fingerprint density at radius 3 is 2.21 bits per heavy atom. The van der Waals surface area contributed by atoms with Crippen molar-refractivity contribution in [3.8, 4) is 0 Å². The third-order valence-electron chi connectivity index (χ3n) is 9.06. The number of likely N-dealkylation sites (N-methyl/N-ethyl adjacent to an activating group) is 2. The van der Waals surface area contributed by atoms with Crippen LogP contribution in [0, 0.1) is 0 Å². The summed E-state index contributed by atoms with van der Waals surface area (Å²) >= 11 is 7.02. The van der Waals surface area contributed by atoms with Crippen LogP contribution in [0.1, 0.15) is 51.7 Å². The van der Waals surface area contributed by atoms with Gasteiger partial charge in [0.1, 0.15) is 0 Å². The molecule has 1 aliphatic carbocycles. The van der Waals surface area contributed by atoms with E-state index in [1.54, 1.807) is 7.11 Å². The predicted octanol–water partition coefficient (Wildman–Crippen LogP) is 7.85. The van der Waals surface area contributed by atoms with E-state index in [0.29, 0.717) is 13.2 Å². The maximum atomic E-state index is 7.02. The van der Waals surface area contributed by atoms with Gasteiger partial charge in [-0.05, 0) is 59.4 Å². The number of rotatable bonds is 7. The highest BCUT2D eigenvalue weighted by molar-refractivity contribution is 6.33. The number of halogens is 1. The summed E-state index contributed by atoms with van der Waals surface area (Å²) in [5, 5.41) is 0.849. The Kier molecular flexibility index (Phi) is 7.34. The molecule has 1 unspecified atom stereocenters. The van der Waals surface area contributed by atoms with Crippen molar-refractivity contribution in [2.24, 2.45) is 0 Å². The molecule has 2 aliphatic heterocycles. The predicted molar refractivity (Wildman–Crippen MR) is 164 cm³/mol. The van der Waals surface area contributed by atoms with Gasteiger partial charge in [-0.3, -0.25) is 0 Å². The van der Waals surface area contributed by atoms with Gasteiger partial charge in [0.05, 0.1) is 13.2 Å². The van der Waals surface area contributed by atoms with Crippen LogP contribution in [0.4, 0.5) is 11.4 Å². The molecule has 0 fully saturated rings. The number of hydrogen-bond donors (Lipinski definition) is 0. The smallest absolute Gasteiger partial charge is 0.169 e. The van der Waals surface area contributed by atoms with Crippen LogP contribution in [0.15, 0.2) is 94.7 Å². The lowest BCUT2D eigenvalue weighted by molar-refractivity contribution is -0.0631. The fourth-order valence-electron chi connectivity index (χ4n) is 6.71. The standard InChI is InChI=1S/C34H41ClN2O2/c1-32(2)26-12-8-10-14-28(26)36(5)30(32)19-18-24-16-17-25(31(24)35)20-21-34(39-23-22-38-7)33(3,4)27-13-9-11-15-29(27)37(34)6/h8-15,18-21H,16-17,22-23H2,1-7H3. The summed E-state index contributed by atoms with van der Waals surface area (Å²) in [5.74, 6) is 0. The number of allylic oxidation sites excluding steroid dienone is 7. The lowest BCUT2D eigenvalue weighted by Gasteiger charge is -2.44. The molecule has 4 nitrogen and oxygen atoms in total. The van der Waals surface area contributed by atoms with Crippen LogP contribution in [-0.2, 0) is 20.3 Å². The van der Waals surface area contributed by atoms with Crippen molar-refractivity contribution < 1.29 is 9.47 Å². The Morgan fingerprint density at radius 2 is 1.54 bits per heavy atom. The SMILES string of the molecule is COCCOC1(C=CC2=C(Cl)C(=CC=C3N(C)c4ccccc4C3(C)C)CC2)N(C)c2ccccc2C1(C)C. The maximum Gasteiger partial charge on any atom is 0.169 e. The molecular formula is C34H41ClN2O2. The number of para-hydroxylation sites is 2. The summed E-state index contributed by atoms with van der Waals surface area (Å²) in [5.41, 5.74) is 7.72. The zero-order valence-corrected chi connectivity index (χ0v) is 25.1. The first kappa shape index (κ1) is 27.8. The van der Waals surface area contributed by atoms with Gasteiger partial charge in [-0.15, -0.1) is 0 Å². The molecule has 5 heteroatoms. The van der Waals surface area contributed by atoms with E-state index < -0.39 is 5.72 Å². The van der Waals surface area contributed by atoms with E-state index in [0.717, 1.165) is 23.4 Å². The van der Waals surface area contributed by atoms with Crippen LogP contribution < -0.4 is 9.80 Å². The zero-order valence-electron chi connectivity index (χ0n) is 24.3. The van der Waals surface area contributed by atoms with Gasteiger partial charge in [0.15, 0.2) is 5.72 Å². The number of benzene rings is 2. The van der Waals surface area contributed by atoms with Crippen LogP contribution in [0.5, 0.6) is 0 Å². The number of anilines is 2. The van der Waals surface area contributed by atoms with Crippen LogP contribution in [0.2, 0.25) is 0 Å². The number of hydrogen-bond acceptors (Lipinski definition) is 4. The second kappa shape index (κ2) is 10.3. The fraction of sp³-hybridized carbons (Fsp3) is 0.412. The molecule has 0 radical (unpaired) electrons. The summed E-state index contributed by atoms with van der Waals surface area (Å²) in [7, 11) is 5.98. The van der Waals surface area contributed by atoms with Gasteiger partial charge in [-0.1, -0.05) is 87.8 Å². The van der Waals surface area contributed by atoms with Crippen molar-refractivity contribution in [1.82, 2.24) is 0 Å². The van der Waals surface area contributed by atoms with Gasteiger partial charge in [0.25, 0.3) is 0 Å². The van der Waals surface area contributed by atoms with Gasteiger partial charge in [0, 0.05) is 54.1 Å². The minimum absolute atomic E-state index is 0.0561. The Labute approximate surface area is 239 Å². The summed E-state index contributed by atoms with van der Waals surface area (Å²) in [6.45, 7) is 10.1. The molecule has 1 atom stereocenters. The van der Waals surface area contributed by atoms with E-state index >= 15 is 0 Å². The van der Waals surface area contributed by atoms with Gasteiger partial charge in [-0.25, -0.2) is 0 Å². The largest absolute Gasteiger partial charge is 0.382 e. The van der Waals surface area contributed by atoms with Gasteiger partial charge in [-0.2, -0.15) is 0 Å². The van der Waals surface area contributed by atoms with E-state index in [4.69, 9.17) is 21.1 Å². The van der Waals surface area contributed by atoms with Crippen molar-refractivity contribution in [3.63, 3.8) is 0 Å². The van der Waals surface area contributed by atoms with E-state index in [2.05, 4.69) is 124 Å². The van der Waals surface area contributed by atoms with Gasteiger partial charge in [0.2, 0.25) is 0 Å². The quantitative estimate of drug-likeness (QED) is 0.331. The minimum Gasteiger partial charge on any atom is -0.382 e. The Balaban J connectivity index is 1.46. The van der Waals surface area contributed by atoms with Crippen molar-refractivity contribution in [2.75, 3.05) is 44.2 Å². The average molecular weight is 545 g/mol. The normalized spacial score (nSPS) is 25.4. The van der Waals surface area contributed by atoms with E-state index in [1.807, 2.05) is 0 Å². The highest BCUT2D eigenvalue weighted by Gasteiger charge is 2.55. The molecule has 0 saturated carbocycles. The number of fused-ring (bicyclic) bond motifs is 2. The highest BCUT2D eigenvalue weighted by Crippen LogP contribution is 2.53. The lowest BCUT2D eigenvalue weighted by Crippen LogP contribution is -2.55. The number of ether oxygens (including phenoxy) is 2. The molecule has 2 aromatic rings. The Bertz CT molecular complexity index is 1380. The summed E-state index contributed by atoms with van der Waals surface area (Å²) in [6.07, 6.45) is 10.7. The third kappa shape index (κ3) is 4.38. The topological polar surface area (TPSA) is 24.9 Å². The molecule has 206 valence electrons. The van der Waals surface area contributed by atoms with Gasteiger partial charge >= 0.3 is 0 Å². The number of nitrogens with zero attached hydrogens (tertiary/aromatic N) is 2. The summed E-state index contributed by atoms with van der Waals surface area (Å²) in [4.78, 5) is 4.56. The van der Waals surface area contributed by atoms with Crippen molar-refractivity contribution in [1.29, 1.82) is 0 Å². The molecule has 2 heterocycles. The summed E-state index contributed by atoms with van der Waals surface area (Å²) < 4.78 is 12.0. The first-order chi connectivity index (χ1) is 18.6. The van der Waals surface area contributed by atoms with Crippen LogP contribution in [0.25, 0.3) is 0 Å². The molecule has 5 rings (SSSR count). The minimum atomic E-state index is -0.657. The zero-order chi connectivity index (χ0) is 28.0. The maximum absolute atomic E-state index is 7.02. The first-order valence-corrected chi connectivity index (χ1v) is 14.2. The van der Waals surface area contributed by atoms with E-state index in [1.165, 1.54) is 33.8 Å². The second-order valence-corrected chi connectivity index (χ2v) is 12.2. The molecule has 39 heavy (non-hydrogen) atoms. The summed E-state index contributed by atoms with van der Waals surface area (Å²) in [6, 6.07) is 17.2. The molecule has 0 spiro atoms. The average Bonchev–Trinajstić information content (AvgIpc) is 3.43. The van der Waals surface area contributed by atoms with Crippen LogP contribution in [0.3, 0.4) is 0 Å². The molecule has 0 aromatic heterocycles.